The molecule has 29 heavy (non-hydrogen) atoms. The molecule has 0 heterocycles. The van der Waals surface area contributed by atoms with Gasteiger partial charge >= 0.3 is 0 Å². The molecule has 0 spiro atoms. The molecule has 0 saturated heterocycles. The fraction of sp³-hybridized carbons (Fsp3) is 0.696. The first-order valence-electron chi connectivity index (χ1n) is 11.0. The summed E-state index contributed by atoms with van der Waals surface area (Å²) in [5.41, 5.74) is 1.95. The second kappa shape index (κ2) is 9.17. The van der Waals surface area contributed by atoms with E-state index >= 15 is 0 Å². The van der Waals surface area contributed by atoms with E-state index in [1.807, 2.05) is 18.2 Å². The Morgan fingerprint density at radius 2 is 1.90 bits per heavy atom. The van der Waals surface area contributed by atoms with Crippen LogP contribution in [0.5, 0.6) is 0 Å². The molecular formula is C23H33ClN2O2S. The number of halogens is 1. The topological polar surface area (TPSA) is 61.4 Å². The van der Waals surface area contributed by atoms with E-state index < -0.39 is 0 Å². The van der Waals surface area contributed by atoms with Gasteiger partial charge in [0.05, 0.1) is 22.6 Å². The van der Waals surface area contributed by atoms with E-state index in [0.29, 0.717) is 28.3 Å². The molecule has 0 radical (unpaired) electrons. The molecule has 1 unspecified atom stereocenters. The molecule has 4 aliphatic rings. The monoisotopic (exact) mass is 436 g/mol. The van der Waals surface area contributed by atoms with Crippen LogP contribution in [0.3, 0.4) is 0 Å². The highest BCUT2D eigenvalue weighted by Crippen LogP contribution is 2.59. The molecule has 4 fully saturated rings. The van der Waals surface area contributed by atoms with Crippen LogP contribution < -0.4 is 10.6 Å². The largest absolute Gasteiger partial charge is 0.396 e. The van der Waals surface area contributed by atoms with Crippen LogP contribution in [-0.4, -0.2) is 35.3 Å². The molecule has 0 aromatic heterocycles. The maximum absolute atomic E-state index is 12.9. The van der Waals surface area contributed by atoms with Crippen molar-refractivity contribution in [2.45, 2.75) is 57.4 Å². The molecule has 6 heteroatoms. The van der Waals surface area contributed by atoms with Gasteiger partial charge in [-0.05, 0) is 86.3 Å². The van der Waals surface area contributed by atoms with Crippen LogP contribution in [0.25, 0.3) is 0 Å². The number of benzene rings is 1. The minimum Gasteiger partial charge on any atom is -0.396 e. The fourth-order valence-electron chi connectivity index (χ4n) is 6.28. The summed E-state index contributed by atoms with van der Waals surface area (Å²) in [7, 11) is 0. The first-order valence-corrected chi connectivity index (χ1v) is 12.4. The van der Waals surface area contributed by atoms with Gasteiger partial charge in [0.1, 0.15) is 0 Å². The highest BCUT2D eigenvalue weighted by atomic mass is 35.5. The normalized spacial score (nSPS) is 31.1. The molecule has 1 atom stereocenters. The Morgan fingerprint density at radius 3 is 2.52 bits per heavy atom. The van der Waals surface area contributed by atoms with E-state index in [2.05, 4.69) is 17.6 Å². The molecule has 1 aromatic carbocycles. The van der Waals surface area contributed by atoms with Gasteiger partial charge < -0.3 is 15.7 Å². The van der Waals surface area contributed by atoms with Crippen LogP contribution in [0, 0.1) is 23.2 Å². The summed E-state index contributed by atoms with van der Waals surface area (Å²) in [5.74, 6) is 3.34. The molecule has 4 saturated carbocycles. The summed E-state index contributed by atoms with van der Waals surface area (Å²) in [6.07, 6.45) is 8.14. The number of hydrogen-bond acceptors (Lipinski definition) is 4. The number of aliphatic hydroxyl groups excluding tert-OH is 1. The highest BCUT2D eigenvalue weighted by Gasteiger charge is 2.50. The zero-order valence-electron chi connectivity index (χ0n) is 17.3. The van der Waals surface area contributed by atoms with Crippen LogP contribution in [-0.2, 0) is 6.54 Å². The molecule has 3 N–H and O–H groups in total. The molecule has 4 aliphatic carbocycles. The fourth-order valence-corrected chi connectivity index (χ4v) is 7.14. The Kier molecular flexibility index (Phi) is 6.79. The average molecular weight is 437 g/mol. The van der Waals surface area contributed by atoms with Gasteiger partial charge in [0.2, 0.25) is 0 Å². The van der Waals surface area contributed by atoms with E-state index in [-0.39, 0.29) is 17.9 Å². The average Bonchev–Trinajstić information content (AvgIpc) is 2.69. The second-order valence-electron chi connectivity index (χ2n) is 9.53. The Morgan fingerprint density at radius 1 is 1.24 bits per heavy atom. The summed E-state index contributed by atoms with van der Waals surface area (Å²) in [5, 5.41) is 16.4. The van der Waals surface area contributed by atoms with Gasteiger partial charge in [-0.2, -0.15) is 0 Å². The van der Waals surface area contributed by atoms with Gasteiger partial charge in [0.25, 0.3) is 5.91 Å². The minimum atomic E-state index is -0.0460. The van der Waals surface area contributed by atoms with Crippen LogP contribution in [0.15, 0.2) is 18.2 Å². The van der Waals surface area contributed by atoms with E-state index in [1.54, 1.807) is 11.8 Å². The number of nitrogens with one attached hydrogen (secondary N) is 2. The Hall–Kier alpha value is -0.750. The summed E-state index contributed by atoms with van der Waals surface area (Å²) >= 11 is 8.04. The van der Waals surface area contributed by atoms with Crippen molar-refractivity contribution in [3.05, 3.63) is 34.3 Å². The van der Waals surface area contributed by atoms with Crippen LogP contribution >= 0.6 is 23.4 Å². The predicted octanol–water partition coefficient (Wildman–Crippen LogP) is 4.45. The molecule has 0 aliphatic heterocycles. The third kappa shape index (κ3) is 5.12. The quantitative estimate of drug-likeness (QED) is 0.500. The van der Waals surface area contributed by atoms with Crippen LogP contribution in [0.2, 0.25) is 5.02 Å². The lowest BCUT2D eigenvalue weighted by atomic mass is 9.49. The first-order chi connectivity index (χ1) is 14.0. The van der Waals surface area contributed by atoms with Crippen molar-refractivity contribution in [1.29, 1.82) is 0 Å². The standard InChI is InChI=1S/C23H33ClN2O2S/c1-15(29-5-4-27)25-13-16-2-3-21(24)20(9-16)22(28)26-14-23-10-17-6-18(11-23)8-19(7-17)12-23/h2-3,9,15,17-19,25,27H,4-8,10-14H2,1H3,(H,26,28). The van der Waals surface area contributed by atoms with Crippen molar-refractivity contribution in [1.82, 2.24) is 10.6 Å². The van der Waals surface area contributed by atoms with E-state index in [0.717, 1.165) is 29.9 Å². The Bertz CT molecular complexity index is 706. The molecule has 4 nitrogen and oxygen atoms in total. The number of carbonyl (C=O) groups is 1. The maximum atomic E-state index is 12.9. The van der Waals surface area contributed by atoms with Crippen molar-refractivity contribution in [2.75, 3.05) is 18.9 Å². The van der Waals surface area contributed by atoms with Crippen molar-refractivity contribution in [2.24, 2.45) is 23.2 Å². The van der Waals surface area contributed by atoms with Gasteiger partial charge in [0.15, 0.2) is 0 Å². The van der Waals surface area contributed by atoms with Gasteiger partial charge in [-0.15, -0.1) is 11.8 Å². The van der Waals surface area contributed by atoms with Gasteiger partial charge in [-0.1, -0.05) is 17.7 Å². The van der Waals surface area contributed by atoms with Gasteiger partial charge in [-0.3, -0.25) is 4.79 Å². The predicted molar refractivity (Wildman–Crippen MR) is 120 cm³/mol. The smallest absolute Gasteiger partial charge is 0.252 e. The first kappa shape index (κ1) is 21.5. The highest BCUT2D eigenvalue weighted by molar-refractivity contribution is 7.99. The second-order valence-corrected chi connectivity index (χ2v) is 11.4. The van der Waals surface area contributed by atoms with E-state index in [4.69, 9.17) is 16.7 Å². The number of thioether (sulfide) groups is 1. The Balaban J connectivity index is 1.35. The molecule has 160 valence electrons. The van der Waals surface area contributed by atoms with E-state index in [9.17, 15) is 4.79 Å². The van der Waals surface area contributed by atoms with Crippen molar-refractivity contribution in [3.63, 3.8) is 0 Å². The lowest BCUT2D eigenvalue weighted by molar-refractivity contribution is -0.0503. The van der Waals surface area contributed by atoms with Gasteiger partial charge in [-0.25, -0.2) is 0 Å². The van der Waals surface area contributed by atoms with Crippen LogP contribution in [0.1, 0.15) is 61.4 Å². The van der Waals surface area contributed by atoms with Crippen molar-refractivity contribution >= 4 is 29.3 Å². The summed E-state index contributed by atoms with van der Waals surface area (Å²) in [4.78, 5) is 12.9. The summed E-state index contributed by atoms with van der Waals surface area (Å²) in [6.45, 7) is 3.73. The molecule has 1 aromatic rings. The Labute approximate surface area is 183 Å². The molecule has 1 amide bonds. The van der Waals surface area contributed by atoms with Crippen molar-refractivity contribution in [3.8, 4) is 0 Å². The summed E-state index contributed by atoms with van der Waals surface area (Å²) < 4.78 is 0. The molecular weight excluding hydrogens is 404 g/mol. The number of carbonyl (C=O) groups excluding carboxylic acids is 1. The zero-order valence-corrected chi connectivity index (χ0v) is 18.8. The van der Waals surface area contributed by atoms with Crippen LogP contribution in [0.4, 0.5) is 0 Å². The minimum absolute atomic E-state index is 0.0460. The zero-order chi connectivity index (χ0) is 20.4. The third-order valence-corrected chi connectivity index (χ3v) is 8.53. The van der Waals surface area contributed by atoms with E-state index in [1.165, 1.54) is 38.5 Å². The lowest BCUT2D eigenvalue weighted by Crippen LogP contribution is -2.51. The third-order valence-electron chi connectivity index (χ3n) is 7.12. The van der Waals surface area contributed by atoms with Crippen molar-refractivity contribution < 1.29 is 9.90 Å². The number of aliphatic hydroxyl groups is 1. The summed E-state index contributed by atoms with van der Waals surface area (Å²) in [6, 6.07) is 5.70. The molecule has 4 bridgehead atoms. The SMILES string of the molecule is CC(NCc1ccc(Cl)c(C(=O)NCC23CC4CC(CC(C4)C2)C3)c1)SCCO. The number of hydrogen-bond donors (Lipinski definition) is 3. The molecule has 5 rings (SSSR count). The maximum Gasteiger partial charge on any atom is 0.252 e. The number of amides is 1. The lowest BCUT2D eigenvalue weighted by Gasteiger charge is -2.56. The van der Waals surface area contributed by atoms with Gasteiger partial charge in [0, 0.05) is 18.8 Å². The number of rotatable bonds is 9.